The van der Waals surface area contributed by atoms with Gasteiger partial charge in [-0.15, -0.1) is 0 Å². The molecular formula is C16H16N4O5. The number of carbonyl (C=O) groups excluding carboxylic acids is 1. The number of amides is 1. The van der Waals surface area contributed by atoms with Crippen molar-refractivity contribution in [2.75, 3.05) is 0 Å². The summed E-state index contributed by atoms with van der Waals surface area (Å²) in [6, 6.07) is 6.25. The lowest BCUT2D eigenvalue weighted by Crippen LogP contribution is -2.41. The summed E-state index contributed by atoms with van der Waals surface area (Å²) in [6.07, 6.45) is 3.94. The van der Waals surface area contributed by atoms with E-state index in [1.807, 2.05) is 0 Å². The highest BCUT2D eigenvalue weighted by Gasteiger charge is 2.30. The zero-order valence-electron chi connectivity index (χ0n) is 13.2. The maximum absolute atomic E-state index is 12.2. The Morgan fingerprint density at radius 2 is 2.00 bits per heavy atom. The van der Waals surface area contributed by atoms with Crippen LogP contribution in [0.25, 0.3) is 5.69 Å². The number of nitrogens with one attached hydrogen (secondary N) is 1. The summed E-state index contributed by atoms with van der Waals surface area (Å²) in [7, 11) is 0. The predicted octanol–water partition coefficient (Wildman–Crippen LogP) is 1.76. The molecule has 3 rings (SSSR count). The number of hydrogen-bond acceptors (Lipinski definition) is 5. The first-order valence-corrected chi connectivity index (χ1v) is 7.78. The summed E-state index contributed by atoms with van der Waals surface area (Å²) < 4.78 is 1.40. The maximum Gasteiger partial charge on any atom is 0.326 e. The van der Waals surface area contributed by atoms with Crippen molar-refractivity contribution in [1.82, 2.24) is 15.1 Å². The molecule has 1 aromatic carbocycles. The van der Waals surface area contributed by atoms with E-state index in [1.54, 1.807) is 0 Å². The number of hydrogen-bond donors (Lipinski definition) is 2. The largest absolute Gasteiger partial charge is 0.480 e. The summed E-state index contributed by atoms with van der Waals surface area (Å²) in [6.45, 7) is 0. The van der Waals surface area contributed by atoms with Crippen LogP contribution in [0.1, 0.15) is 29.8 Å². The number of nitrogens with zero attached hydrogens (tertiary/aromatic N) is 3. The van der Waals surface area contributed by atoms with Crippen LogP contribution in [-0.2, 0) is 4.79 Å². The molecule has 1 fully saturated rings. The van der Waals surface area contributed by atoms with Crippen LogP contribution in [0.5, 0.6) is 0 Å². The number of benzene rings is 1. The van der Waals surface area contributed by atoms with Crippen molar-refractivity contribution in [3.8, 4) is 5.69 Å². The number of carboxylic acids is 1. The highest BCUT2D eigenvalue weighted by atomic mass is 16.6. The predicted molar refractivity (Wildman–Crippen MR) is 86.4 cm³/mol. The summed E-state index contributed by atoms with van der Waals surface area (Å²) >= 11 is 0. The number of nitro benzene ring substituents is 1. The molecule has 0 saturated heterocycles. The fraction of sp³-hybridized carbons (Fsp3) is 0.312. The maximum atomic E-state index is 12.2. The number of carbonyl (C=O) groups is 2. The Balaban J connectivity index is 1.70. The lowest BCUT2D eigenvalue weighted by molar-refractivity contribution is -0.384. The molecule has 1 unspecified atom stereocenters. The topological polar surface area (TPSA) is 127 Å². The molecule has 1 aliphatic carbocycles. The van der Waals surface area contributed by atoms with Crippen molar-refractivity contribution >= 4 is 17.6 Å². The Bertz CT molecular complexity index is 810. The first-order valence-electron chi connectivity index (χ1n) is 7.78. The summed E-state index contributed by atoms with van der Waals surface area (Å²) in [4.78, 5) is 33.6. The minimum absolute atomic E-state index is 0.0433. The molecule has 1 aliphatic rings. The molecule has 1 atom stereocenters. The number of nitro groups is 1. The number of aromatic nitrogens is 2. The van der Waals surface area contributed by atoms with E-state index in [9.17, 15) is 24.8 Å². The molecule has 2 aromatic rings. The van der Waals surface area contributed by atoms with E-state index in [-0.39, 0.29) is 11.4 Å². The lowest BCUT2D eigenvalue weighted by atomic mass is 10.1. The third-order valence-electron chi connectivity index (χ3n) is 4.02. The number of non-ortho nitro benzene ring substituents is 1. The van der Waals surface area contributed by atoms with Gasteiger partial charge in [-0.2, -0.15) is 5.10 Å². The second-order valence-corrected chi connectivity index (χ2v) is 5.96. The molecule has 9 heteroatoms. The van der Waals surface area contributed by atoms with Crippen LogP contribution in [0.3, 0.4) is 0 Å². The molecular weight excluding hydrogens is 328 g/mol. The summed E-state index contributed by atoms with van der Waals surface area (Å²) in [5, 5.41) is 26.5. The molecule has 1 aromatic heterocycles. The van der Waals surface area contributed by atoms with Crippen LogP contribution in [0.2, 0.25) is 0 Å². The first-order chi connectivity index (χ1) is 11.9. The Morgan fingerprint density at radius 3 is 2.56 bits per heavy atom. The van der Waals surface area contributed by atoms with E-state index in [0.717, 1.165) is 12.8 Å². The molecule has 9 nitrogen and oxygen atoms in total. The number of aliphatic carboxylic acids is 1. The molecule has 0 bridgehead atoms. The van der Waals surface area contributed by atoms with Gasteiger partial charge in [0, 0.05) is 18.3 Å². The van der Waals surface area contributed by atoms with Crippen LogP contribution in [0, 0.1) is 16.0 Å². The third-order valence-corrected chi connectivity index (χ3v) is 4.02. The number of carboxylic acid groups (broad SMARTS) is 1. The fourth-order valence-electron chi connectivity index (χ4n) is 2.46. The van der Waals surface area contributed by atoms with Crippen molar-refractivity contribution in [2.45, 2.75) is 25.3 Å². The van der Waals surface area contributed by atoms with Crippen molar-refractivity contribution in [3.63, 3.8) is 0 Å². The highest BCUT2D eigenvalue weighted by Crippen LogP contribution is 2.33. The minimum Gasteiger partial charge on any atom is -0.480 e. The summed E-state index contributed by atoms with van der Waals surface area (Å²) in [5.41, 5.74) is 0.594. The van der Waals surface area contributed by atoms with Crippen LogP contribution >= 0.6 is 0 Å². The molecule has 1 amide bonds. The lowest BCUT2D eigenvalue weighted by Gasteiger charge is -2.12. The Hall–Kier alpha value is -3.23. The molecule has 0 spiro atoms. The second-order valence-electron chi connectivity index (χ2n) is 5.96. The van der Waals surface area contributed by atoms with Gasteiger partial charge in [0.2, 0.25) is 0 Å². The van der Waals surface area contributed by atoms with Crippen LogP contribution < -0.4 is 5.32 Å². The highest BCUT2D eigenvalue weighted by molar-refractivity contribution is 5.94. The average molecular weight is 344 g/mol. The Labute approximate surface area is 142 Å². The number of rotatable bonds is 7. The van der Waals surface area contributed by atoms with Gasteiger partial charge < -0.3 is 10.4 Å². The van der Waals surface area contributed by atoms with E-state index in [0.29, 0.717) is 18.0 Å². The molecule has 0 radical (unpaired) electrons. The van der Waals surface area contributed by atoms with Crippen molar-refractivity contribution in [3.05, 3.63) is 52.3 Å². The normalized spacial score (nSPS) is 14.7. The standard InChI is InChI=1S/C16H16N4O5/c21-15(17-14(16(22)23)9-10-1-2-10)13-7-8-19(18-13)11-3-5-12(6-4-11)20(24)25/h3-8,10,14H,1-2,9H2,(H,17,21)(H,22,23). The average Bonchev–Trinajstić information content (AvgIpc) is 3.26. The van der Waals surface area contributed by atoms with Gasteiger partial charge in [0.05, 0.1) is 10.6 Å². The molecule has 130 valence electrons. The van der Waals surface area contributed by atoms with E-state index in [2.05, 4.69) is 10.4 Å². The van der Waals surface area contributed by atoms with Gasteiger partial charge in [0.1, 0.15) is 6.04 Å². The second kappa shape index (κ2) is 6.71. The van der Waals surface area contributed by atoms with Gasteiger partial charge in [0.25, 0.3) is 11.6 Å². The molecule has 1 saturated carbocycles. The SMILES string of the molecule is O=C(NC(CC1CC1)C(=O)O)c1ccn(-c2ccc([N+](=O)[O-])cc2)n1. The minimum atomic E-state index is -1.06. The Kier molecular flexibility index (Phi) is 4.46. The smallest absolute Gasteiger partial charge is 0.326 e. The van der Waals surface area contributed by atoms with E-state index in [1.165, 1.54) is 41.2 Å². The molecule has 2 N–H and O–H groups in total. The van der Waals surface area contributed by atoms with E-state index < -0.39 is 22.8 Å². The quantitative estimate of drug-likeness (QED) is 0.582. The zero-order chi connectivity index (χ0) is 18.0. The van der Waals surface area contributed by atoms with E-state index >= 15 is 0 Å². The zero-order valence-corrected chi connectivity index (χ0v) is 13.2. The van der Waals surface area contributed by atoms with Crippen molar-refractivity contribution in [1.29, 1.82) is 0 Å². The fourth-order valence-corrected chi connectivity index (χ4v) is 2.46. The van der Waals surface area contributed by atoms with Crippen LogP contribution in [0.15, 0.2) is 36.5 Å². The Morgan fingerprint density at radius 1 is 1.32 bits per heavy atom. The monoisotopic (exact) mass is 344 g/mol. The van der Waals surface area contributed by atoms with Gasteiger partial charge >= 0.3 is 5.97 Å². The van der Waals surface area contributed by atoms with Gasteiger partial charge in [-0.05, 0) is 30.5 Å². The van der Waals surface area contributed by atoms with Gasteiger partial charge in [-0.3, -0.25) is 14.9 Å². The van der Waals surface area contributed by atoms with Crippen LogP contribution in [0.4, 0.5) is 5.69 Å². The van der Waals surface area contributed by atoms with Crippen molar-refractivity contribution in [2.24, 2.45) is 5.92 Å². The van der Waals surface area contributed by atoms with Crippen LogP contribution in [-0.4, -0.2) is 37.7 Å². The van der Waals surface area contributed by atoms with E-state index in [4.69, 9.17) is 0 Å². The van der Waals surface area contributed by atoms with Gasteiger partial charge in [0.15, 0.2) is 5.69 Å². The van der Waals surface area contributed by atoms with Gasteiger partial charge in [-0.1, -0.05) is 12.8 Å². The van der Waals surface area contributed by atoms with Gasteiger partial charge in [-0.25, -0.2) is 9.48 Å². The molecule has 1 heterocycles. The third kappa shape index (κ3) is 4.00. The summed E-state index contributed by atoms with van der Waals surface area (Å²) in [5.74, 6) is -1.26. The van der Waals surface area contributed by atoms with Crippen molar-refractivity contribution < 1.29 is 19.6 Å². The molecule has 25 heavy (non-hydrogen) atoms. The first kappa shape index (κ1) is 16.6. The molecule has 0 aliphatic heterocycles.